The van der Waals surface area contributed by atoms with Gasteiger partial charge in [-0.2, -0.15) is 0 Å². The number of likely N-dealkylation sites (N-methyl/N-ethyl adjacent to an activating group) is 1. The highest BCUT2D eigenvalue weighted by atomic mass is 79.9. The van der Waals surface area contributed by atoms with E-state index in [1.165, 1.54) is 17.7 Å². The lowest BCUT2D eigenvalue weighted by Crippen LogP contribution is -2.50. The lowest BCUT2D eigenvalue weighted by Gasteiger charge is -2.39. The molecule has 1 atom stereocenters. The molecule has 0 aliphatic carbocycles. The molecule has 3 nitrogen and oxygen atoms in total. The number of nitrogens with one attached hydrogen (secondary N) is 1. The molecular weight excluding hydrogens is 314 g/mol. The maximum absolute atomic E-state index is 3.60. The van der Waals surface area contributed by atoms with E-state index in [2.05, 4.69) is 70.1 Å². The molecule has 1 unspecified atom stereocenters. The predicted octanol–water partition coefficient (Wildman–Crippen LogP) is 3.09. The van der Waals surface area contributed by atoms with Crippen LogP contribution >= 0.6 is 15.9 Å². The average molecular weight is 340 g/mol. The van der Waals surface area contributed by atoms with E-state index in [9.17, 15) is 0 Å². The second kappa shape index (κ2) is 7.43. The van der Waals surface area contributed by atoms with Crippen LogP contribution in [0.15, 0.2) is 22.7 Å². The molecule has 1 heterocycles. The van der Waals surface area contributed by atoms with Gasteiger partial charge in [-0.15, -0.1) is 0 Å². The van der Waals surface area contributed by atoms with Crippen LogP contribution in [0.25, 0.3) is 0 Å². The van der Waals surface area contributed by atoms with Gasteiger partial charge in [-0.05, 0) is 50.7 Å². The van der Waals surface area contributed by atoms with Crippen molar-refractivity contribution >= 4 is 21.6 Å². The van der Waals surface area contributed by atoms with Crippen molar-refractivity contribution < 1.29 is 0 Å². The van der Waals surface area contributed by atoms with Crippen molar-refractivity contribution in [3.8, 4) is 0 Å². The Morgan fingerprint density at radius 2 is 2.15 bits per heavy atom. The molecule has 1 N–H and O–H groups in total. The number of piperazine rings is 1. The highest BCUT2D eigenvalue weighted by Gasteiger charge is 2.22. The van der Waals surface area contributed by atoms with E-state index >= 15 is 0 Å². The molecule has 1 aliphatic heterocycles. The first-order valence-corrected chi connectivity index (χ1v) is 8.35. The largest absolute Gasteiger partial charge is 0.368 e. The molecule has 1 fully saturated rings. The zero-order valence-corrected chi connectivity index (χ0v) is 14.4. The number of halogens is 1. The number of anilines is 1. The predicted molar refractivity (Wildman–Crippen MR) is 90.4 cm³/mol. The Morgan fingerprint density at radius 3 is 2.85 bits per heavy atom. The molecule has 0 bridgehead atoms. The van der Waals surface area contributed by atoms with Crippen LogP contribution in [0.1, 0.15) is 25.8 Å². The minimum absolute atomic E-state index is 0.615. The third-order valence-electron chi connectivity index (χ3n) is 4.08. The topological polar surface area (TPSA) is 18.5 Å². The van der Waals surface area contributed by atoms with Gasteiger partial charge in [0.1, 0.15) is 0 Å². The molecule has 0 saturated carbocycles. The lowest BCUT2D eigenvalue weighted by atomic mass is 10.1. The van der Waals surface area contributed by atoms with Crippen LogP contribution in [0.2, 0.25) is 0 Å². The van der Waals surface area contributed by atoms with Gasteiger partial charge in [-0.3, -0.25) is 0 Å². The Morgan fingerprint density at radius 1 is 1.35 bits per heavy atom. The Balaban J connectivity index is 2.13. The summed E-state index contributed by atoms with van der Waals surface area (Å²) in [6, 6.07) is 7.28. The first-order valence-electron chi connectivity index (χ1n) is 7.56. The lowest BCUT2D eigenvalue weighted by molar-refractivity contribution is 0.234. The number of hydrogen-bond donors (Lipinski definition) is 1. The molecule has 1 aromatic rings. The Kier molecular flexibility index (Phi) is 5.87. The van der Waals surface area contributed by atoms with Crippen LogP contribution in [-0.2, 0) is 6.54 Å². The normalized spacial score (nSPS) is 20.4. The maximum atomic E-state index is 3.60. The number of nitrogens with zero attached hydrogens (tertiary/aromatic N) is 2. The molecule has 2 rings (SSSR count). The molecule has 0 radical (unpaired) electrons. The van der Waals surface area contributed by atoms with Crippen LogP contribution in [0.3, 0.4) is 0 Å². The summed E-state index contributed by atoms with van der Waals surface area (Å²) in [4.78, 5) is 4.96. The van der Waals surface area contributed by atoms with Crippen molar-refractivity contribution in [2.24, 2.45) is 0 Å². The van der Waals surface area contributed by atoms with E-state index in [1.54, 1.807) is 0 Å². The Labute approximate surface area is 131 Å². The van der Waals surface area contributed by atoms with Gasteiger partial charge in [0.15, 0.2) is 0 Å². The zero-order chi connectivity index (χ0) is 14.5. The second-order valence-electron chi connectivity index (χ2n) is 5.73. The average Bonchev–Trinajstić information content (AvgIpc) is 2.43. The molecule has 1 aromatic carbocycles. The Hall–Kier alpha value is -0.580. The first kappa shape index (κ1) is 15.8. The van der Waals surface area contributed by atoms with Crippen LogP contribution in [0.4, 0.5) is 5.69 Å². The second-order valence-corrected chi connectivity index (χ2v) is 6.64. The number of hydrogen-bond acceptors (Lipinski definition) is 3. The van der Waals surface area contributed by atoms with E-state index in [1.807, 2.05) is 0 Å². The summed E-state index contributed by atoms with van der Waals surface area (Å²) < 4.78 is 1.16. The summed E-state index contributed by atoms with van der Waals surface area (Å²) in [6.45, 7) is 9.90. The fraction of sp³-hybridized carbons (Fsp3) is 0.625. The van der Waals surface area contributed by atoms with Gasteiger partial charge in [0.2, 0.25) is 0 Å². The van der Waals surface area contributed by atoms with E-state index in [4.69, 9.17) is 0 Å². The van der Waals surface area contributed by atoms with E-state index in [0.717, 1.165) is 37.2 Å². The fourth-order valence-corrected chi connectivity index (χ4v) is 3.08. The van der Waals surface area contributed by atoms with Crippen molar-refractivity contribution in [3.05, 3.63) is 28.2 Å². The first-order chi connectivity index (χ1) is 9.61. The van der Waals surface area contributed by atoms with Crippen molar-refractivity contribution in [3.63, 3.8) is 0 Å². The molecule has 0 amide bonds. The van der Waals surface area contributed by atoms with Gasteiger partial charge in [-0.25, -0.2) is 0 Å². The van der Waals surface area contributed by atoms with E-state index in [-0.39, 0.29) is 0 Å². The van der Waals surface area contributed by atoms with Crippen molar-refractivity contribution in [2.75, 3.05) is 38.1 Å². The van der Waals surface area contributed by atoms with Gasteiger partial charge < -0.3 is 15.1 Å². The molecule has 1 saturated heterocycles. The van der Waals surface area contributed by atoms with Crippen molar-refractivity contribution in [1.82, 2.24) is 10.2 Å². The van der Waals surface area contributed by atoms with Crippen LogP contribution in [0.5, 0.6) is 0 Å². The van der Waals surface area contributed by atoms with E-state index < -0.39 is 0 Å². The number of rotatable bonds is 5. The van der Waals surface area contributed by atoms with Crippen LogP contribution in [0, 0.1) is 0 Å². The van der Waals surface area contributed by atoms with Gasteiger partial charge >= 0.3 is 0 Å². The van der Waals surface area contributed by atoms with E-state index in [0.29, 0.717) is 6.04 Å². The summed E-state index contributed by atoms with van der Waals surface area (Å²) in [5, 5.41) is 3.52. The molecule has 4 heteroatoms. The molecule has 0 aromatic heterocycles. The maximum Gasteiger partial charge on any atom is 0.0413 e. The highest BCUT2D eigenvalue weighted by molar-refractivity contribution is 9.10. The van der Waals surface area contributed by atoms with Crippen molar-refractivity contribution in [2.45, 2.75) is 32.9 Å². The smallest absolute Gasteiger partial charge is 0.0413 e. The zero-order valence-electron chi connectivity index (χ0n) is 12.8. The molecule has 20 heavy (non-hydrogen) atoms. The molecule has 112 valence electrons. The minimum Gasteiger partial charge on any atom is -0.368 e. The fourth-order valence-electron chi connectivity index (χ4n) is 2.67. The van der Waals surface area contributed by atoms with Gasteiger partial charge in [-0.1, -0.05) is 22.9 Å². The summed E-state index contributed by atoms with van der Waals surface area (Å²) in [7, 11) is 2.22. The number of benzene rings is 1. The summed E-state index contributed by atoms with van der Waals surface area (Å²) >= 11 is 3.60. The summed E-state index contributed by atoms with van der Waals surface area (Å²) in [5.41, 5.74) is 2.78. The van der Waals surface area contributed by atoms with Gasteiger partial charge in [0.25, 0.3) is 0 Å². The summed E-state index contributed by atoms with van der Waals surface area (Å²) in [6.07, 6.45) is 1.18. The molecular formula is C16H26BrN3. The van der Waals surface area contributed by atoms with Gasteiger partial charge in [0, 0.05) is 42.4 Å². The third kappa shape index (κ3) is 3.96. The SMILES string of the molecule is CCCNCc1cc(Br)ccc1N1CCN(C)C(C)C1. The van der Waals surface area contributed by atoms with Crippen LogP contribution < -0.4 is 10.2 Å². The van der Waals surface area contributed by atoms with Gasteiger partial charge in [0.05, 0.1) is 0 Å². The third-order valence-corrected chi connectivity index (χ3v) is 4.58. The molecule has 1 aliphatic rings. The highest BCUT2D eigenvalue weighted by Crippen LogP contribution is 2.26. The Bertz CT molecular complexity index is 436. The quantitative estimate of drug-likeness (QED) is 0.831. The molecule has 0 spiro atoms. The minimum atomic E-state index is 0.615. The monoisotopic (exact) mass is 339 g/mol. The van der Waals surface area contributed by atoms with Crippen LogP contribution in [-0.4, -0.2) is 44.2 Å². The summed E-state index contributed by atoms with van der Waals surface area (Å²) in [5.74, 6) is 0. The standard InChI is InChI=1S/C16H26BrN3/c1-4-7-18-11-14-10-15(17)5-6-16(14)20-9-8-19(3)13(2)12-20/h5-6,10,13,18H,4,7-9,11-12H2,1-3H3. The van der Waals surface area contributed by atoms with Crippen molar-refractivity contribution in [1.29, 1.82) is 0 Å².